The van der Waals surface area contributed by atoms with Crippen LogP contribution in [0.25, 0.3) is 0 Å². The first kappa shape index (κ1) is 13.3. The van der Waals surface area contributed by atoms with Gasteiger partial charge in [-0.15, -0.1) is 0 Å². The number of nitrogens with zero attached hydrogens (tertiary/aromatic N) is 1. The Bertz CT molecular complexity index is 261. The van der Waals surface area contributed by atoms with E-state index >= 15 is 0 Å². The van der Waals surface area contributed by atoms with Gasteiger partial charge >= 0.3 is 0 Å². The van der Waals surface area contributed by atoms with Crippen molar-refractivity contribution in [3.8, 4) is 0 Å². The van der Waals surface area contributed by atoms with Gasteiger partial charge in [0, 0.05) is 24.5 Å². The lowest BCUT2D eigenvalue weighted by molar-refractivity contribution is -0.0946. The Morgan fingerprint density at radius 3 is 2.29 bits per heavy atom. The van der Waals surface area contributed by atoms with Crippen molar-refractivity contribution < 1.29 is 5.11 Å². The van der Waals surface area contributed by atoms with Crippen LogP contribution in [0.15, 0.2) is 0 Å². The van der Waals surface area contributed by atoms with Gasteiger partial charge in [-0.25, -0.2) is 0 Å². The molecule has 100 valence electrons. The molecule has 1 aliphatic carbocycles. The molecule has 2 aliphatic rings. The lowest BCUT2D eigenvalue weighted by atomic mass is 9.61. The molecule has 2 unspecified atom stereocenters. The Morgan fingerprint density at radius 1 is 1.29 bits per heavy atom. The molecular weight excluding hydrogens is 212 g/mol. The van der Waals surface area contributed by atoms with Crippen molar-refractivity contribution in [3.05, 3.63) is 0 Å². The van der Waals surface area contributed by atoms with Crippen LogP contribution in [0.4, 0.5) is 0 Å². The van der Waals surface area contributed by atoms with E-state index in [1.165, 1.54) is 12.8 Å². The van der Waals surface area contributed by atoms with E-state index in [9.17, 15) is 5.11 Å². The first-order valence-corrected chi connectivity index (χ1v) is 7.05. The summed E-state index contributed by atoms with van der Waals surface area (Å²) in [6.45, 7) is 5.94. The second kappa shape index (κ2) is 4.52. The van der Waals surface area contributed by atoms with E-state index < -0.39 is 5.60 Å². The maximum Gasteiger partial charge on any atom is 0.0856 e. The van der Waals surface area contributed by atoms with Crippen LogP contribution in [0.1, 0.15) is 46.0 Å². The fraction of sp³-hybridized carbons (Fsp3) is 1.00. The molecule has 0 bridgehead atoms. The average Bonchev–Trinajstić information content (AvgIpc) is 2.55. The van der Waals surface area contributed by atoms with Gasteiger partial charge in [-0.3, -0.25) is 0 Å². The molecule has 0 aromatic carbocycles. The summed E-state index contributed by atoms with van der Waals surface area (Å²) in [4.78, 5) is 2.27. The van der Waals surface area contributed by atoms with Gasteiger partial charge in [-0.05, 0) is 39.2 Å². The monoisotopic (exact) mass is 240 g/mol. The maximum absolute atomic E-state index is 11.1. The van der Waals surface area contributed by atoms with Crippen molar-refractivity contribution in [2.45, 2.75) is 57.6 Å². The summed E-state index contributed by atoms with van der Waals surface area (Å²) in [5, 5.41) is 11.1. The number of hydrogen-bond donors (Lipinski definition) is 2. The Balaban J connectivity index is 2.18. The van der Waals surface area contributed by atoms with Crippen molar-refractivity contribution in [2.75, 3.05) is 20.1 Å². The smallest absolute Gasteiger partial charge is 0.0856 e. The van der Waals surface area contributed by atoms with E-state index in [1.54, 1.807) is 0 Å². The number of rotatable bonds is 2. The lowest BCUT2D eigenvalue weighted by Gasteiger charge is -2.48. The normalized spacial score (nSPS) is 48.5. The van der Waals surface area contributed by atoms with Gasteiger partial charge in [-0.1, -0.05) is 19.8 Å². The van der Waals surface area contributed by atoms with E-state index in [1.807, 2.05) is 0 Å². The molecule has 3 nitrogen and oxygen atoms in total. The van der Waals surface area contributed by atoms with Gasteiger partial charge < -0.3 is 15.7 Å². The summed E-state index contributed by atoms with van der Waals surface area (Å²) in [5.41, 5.74) is 5.47. The molecule has 17 heavy (non-hydrogen) atoms. The second-order valence-corrected chi connectivity index (χ2v) is 6.67. The Morgan fingerprint density at radius 2 is 1.88 bits per heavy atom. The van der Waals surface area contributed by atoms with Gasteiger partial charge in [0.2, 0.25) is 0 Å². The van der Waals surface area contributed by atoms with Gasteiger partial charge in [0.25, 0.3) is 0 Å². The molecule has 0 amide bonds. The van der Waals surface area contributed by atoms with Crippen LogP contribution in [0, 0.1) is 11.3 Å². The third-order valence-corrected chi connectivity index (χ3v) is 5.51. The molecule has 0 aromatic heterocycles. The standard InChI is InChI=1S/C14H28N2O/c1-11-4-6-13(9-15,7-5-11)14(17)8-12(2)16(3)10-14/h11-12,17H,4-10,15H2,1-3H3. The first-order chi connectivity index (χ1) is 7.92. The molecule has 2 atom stereocenters. The summed E-state index contributed by atoms with van der Waals surface area (Å²) in [6.07, 6.45) is 5.52. The zero-order chi connectivity index (χ0) is 12.7. The Labute approximate surface area is 105 Å². The van der Waals surface area contributed by atoms with Crippen LogP contribution in [-0.4, -0.2) is 41.8 Å². The van der Waals surface area contributed by atoms with Crippen molar-refractivity contribution in [1.29, 1.82) is 0 Å². The van der Waals surface area contributed by atoms with Crippen molar-refractivity contribution in [2.24, 2.45) is 17.1 Å². The van der Waals surface area contributed by atoms with E-state index in [-0.39, 0.29) is 5.41 Å². The predicted molar refractivity (Wildman–Crippen MR) is 70.8 cm³/mol. The molecule has 1 aliphatic heterocycles. The lowest BCUT2D eigenvalue weighted by Crippen LogP contribution is -2.55. The van der Waals surface area contributed by atoms with Crippen LogP contribution in [0.3, 0.4) is 0 Å². The first-order valence-electron chi connectivity index (χ1n) is 7.05. The van der Waals surface area contributed by atoms with Gasteiger partial charge in [0.15, 0.2) is 0 Å². The second-order valence-electron chi connectivity index (χ2n) is 6.67. The van der Waals surface area contributed by atoms with Crippen molar-refractivity contribution >= 4 is 0 Å². The number of likely N-dealkylation sites (N-methyl/N-ethyl adjacent to an activating group) is 1. The zero-order valence-electron chi connectivity index (χ0n) is 11.6. The summed E-state index contributed by atoms with van der Waals surface area (Å²) in [6, 6.07) is 0.475. The topological polar surface area (TPSA) is 49.5 Å². The van der Waals surface area contributed by atoms with Crippen molar-refractivity contribution in [1.82, 2.24) is 4.90 Å². The Hall–Kier alpha value is -0.120. The maximum atomic E-state index is 11.1. The number of hydrogen-bond acceptors (Lipinski definition) is 3. The van der Waals surface area contributed by atoms with Crippen LogP contribution < -0.4 is 5.73 Å². The van der Waals surface area contributed by atoms with E-state index in [4.69, 9.17) is 5.73 Å². The summed E-state index contributed by atoms with van der Waals surface area (Å²) in [7, 11) is 2.11. The highest BCUT2D eigenvalue weighted by atomic mass is 16.3. The van der Waals surface area contributed by atoms with Crippen LogP contribution >= 0.6 is 0 Å². The molecular formula is C14H28N2O. The molecule has 0 spiro atoms. The highest BCUT2D eigenvalue weighted by molar-refractivity contribution is 5.07. The molecule has 0 radical (unpaired) electrons. The zero-order valence-corrected chi connectivity index (χ0v) is 11.6. The van der Waals surface area contributed by atoms with Gasteiger partial charge in [0.1, 0.15) is 0 Å². The molecule has 1 heterocycles. The summed E-state index contributed by atoms with van der Waals surface area (Å²) >= 11 is 0. The van der Waals surface area contributed by atoms with Crippen LogP contribution in [0.2, 0.25) is 0 Å². The average molecular weight is 240 g/mol. The van der Waals surface area contributed by atoms with Gasteiger partial charge in [-0.2, -0.15) is 0 Å². The third-order valence-electron chi connectivity index (χ3n) is 5.51. The molecule has 1 saturated heterocycles. The predicted octanol–water partition coefficient (Wildman–Crippen LogP) is 1.60. The molecule has 1 saturated carbocycles. The molecule has 2 rings (SSSR count). The minimum atomic E-state index is -0.559. The minimum Gasteiger partial charge on any atom is -0.388 e. The summed E-state index contributed by atoms with van der Waals surface area (Å²) in [5.74, 6) is 0.801. The van der Waals surface area contributed by atoms with Crippen LogP contribution in [-0.2, 0) is 0 Å². The minimum absolute atomic E-state index is 0.0292. The highest BCUT2D eigenvalue weighted by Gasteiger charge is 2.54. The number of β-amino-alcohol motifs (C(OH)–C–C–N with tert-alkyl or cyclic N) is 1. The van der Waals surface area contributed by atoms with Gasteiger partial charge in [0.05, 0.1) is 5.60 Å². The van der Waals surface area contributed by atoms with Crippen LogP contribution in [0.5, 0.6) is 0 Å². The molecule has 2 fully saturated rings. The number of likely N-dealkylation sites (tertiary alicyclic amines) is 1. The Kier molecular flexibility index (Phi) is 3.54. The largest absolute Gasteiger partial charge is 0.388 e. The highest BCUT2D eigenvalue weighted by Crippen LogP contribution is 2.50. The van der Waals surface area contributed by atoms with E-state index in [0.29, 0.717) is 12.6 Å². The fourth-order valence-electron chi connectivity index (χ4n) is 3.84. The summed E-state index contributed by atoms with van der Waals surface area (Å²) < 4.78 is 0. The third kappa shape index (κ3) is 2.13. The quantitative estimate of drug-likeness (QED) is 0.771. The molecule has 0 aromatic rings. The fourth-order valence-corrected chi connectivity index (χ4v) is 3.84. The molecule has 3 heteroatoms. The van der Waals surface area contributed by atoms with E-state index in [2.05, 4.69) is 25.8 Å². The van der Waals surface area contributed by atoms with Crippen molar-refractivity contribution in [3.63, 3.8) is 0 Å². The SMILES string of the molecule is CC1CCC(CN)(C2(O)CC(C)N(C)C2)CC1. The number of aliphatic hydroxyl groups is 1. The molecule has 3 N–H and O–H groups in total. The number of nitrogens with two attached hydrogens (primary N) is 1. The van der Waals surface area contributed by atoms with E-state index in [0.717, 1.165) is 31.7 Å².